The molecule has 0 aromatic heterocycles. The van der Waals surface area contributed by atoms with Gasteiger partial charge in [-0.05, 0) is 31.7 Å². The van der Waals surface area contributed by atoms with Crippen molar-refractivity contribution >= 4 is 6.29 Å². The molecule has 1 saturated heterocycles. The maximum atomic E-state index is 11.2. The lowest BCUT2D eigenvalue weighted by Gasteiger charge is -2.39. The van der Waals surface area contributed by atoms with Crippen LogP contribution in [0.15, 0.2) is 0 Å². The van der Waals surface area contributed by atoms with Crippen LogP contribution in [0.1, 0.15) is 40.0 Å². The van der Waals surface area contributed by atoms with Crippen molar-refractivity contribution in [1.82, 2.24) is 4.90 Å². The van der Waals surface area contributed by atoms with Crippen molar-refractivity contribution in [2.24, 2.45) is 11.3 Å². The van der Waals surface area contributed by atoms with E-state index >= 15 is 0 Å². The number of β-amino-alcohol motifs (C(OH)–C–C–N with tert-alkyl or cyclic N) is 1. The topological polar surface area (TPSA) is 40.5 Å². The number of carbonyl (C=O) groups excluding carboxylic acids is 1. The summed E-state index contributed by atoms with van der Waals surface area (Å²) in [4.78, 5) is 13.5. The Morgan fingerprint density at radius 3 is 2.50 bits per heavy atom. The highest BCUT2D eigenvalue weighted by molar-refractivity contribution is 5.59. The van der Waals surface area contributed by atoms with Gasteiger partial charge in [0.1, 0.15) is 6.29 Å². The fourth-order valence-corrected chi connectivity index (χ4v) is 2.38. The number of hydrogen-bond acceptors (Lipinski definition) is 3. The van der Waals surface area contributed by atoms with E-state index in [1.54, 1.807) is 0 Å². The Kier molecular flexibility index (Phi) is 4.93. The van der Waals surface area contributed by atoms with Gasteiger partial charge in [0.15, 0.2) is 0 Å². The van der Waals surface area contributed by atoms with Crippen LogP contribution in [0.2, 0.25) is 0 Å². The quantitative estimate of drug-likeness (QED) is 0.727. The average molecular weight is 227 g/mol. The molecule has 0 spiro atoms. The lowest BCUT2D eigenvalue weighted by molar-refractivity contribution is -0.118. The van der Waals surface area contributed by atoms with E-state index in [-0.39, 0.29) is 11.5 Å². The van der Waals surface area contributed by atoms with E-state index in [0.29, 0.717) is 5.92 Å². The van der Waals surface area contributed by atoms with E-state index in [2.05, 4.69) is 25.7 Å². The minimum absolute atomic E-state index is 0.208. The van der Waals surface area contributed by atoms with Crippen LogP contribution in [0.5, 0.6) is 0 Å². The highest BCUT2D eigenvalue weighted by atomic mass is 16.3. The number of rotatable bonds is 5. The first-order valence-electron chi connectivity index (χ1n) is 6.43. The minimum Gasteiger partial charge on any atom is -0.392 e. The summed E-state index contributed by atoms with van der Waals surface area (Å²) >= 11 is 0. The highest BCUT2D eigenvalue weighted by Gasteiger charge is 2.32. The Morgan fingerprint density at radius 1 is 1.44 bits per heavy atom. The van der Waals surface area contributed by atoms with Crippen molar-refractivity contribution in [3.8, 4) is 0 Å². The van der Waals surface area contributed by atoms with Gasteiger partial charge in [-0.1, -0.05) is 20.8 Å². The number of aldehydes is 1. The third kappa shape index (κ3) is 3.05. The molecule has 0 aromatic carbocycles. The summed E-state index contributed by atoms with van der Waals surface area (Å²) in [7, 11) is 0. The van der Waals surface area contributed by atoms with Crippen molar-refractivity contribution in [3.05, 3.63) is 0 Å². The van der Waals surface area contributed by atoms with Crippen LogP contribution in [0.3, 0.4) is 0 Å². The Morgan fingerprint density at radius 2 is 2.06 bits per heavy atom. The molecule has 1 aliphatic heterocycles. The molecule has 3 nitrogen and oxygen atoms in total. The van der Waals surface area contributed by atoms with Gasteiger partial charge < -0.3 is 9.90 Å². The summed E-state index contributed by atoms with van der Waals surface area (Å²) in [6.45, 7) is 8.76. The normalized spacial score (nSPS) is 28.0. The van der Waals surface area contributed by atoms with Crippen LogP contribution in [0, 0.1) is 11.3 Å². The van der Waals surface area contributed by atoms with Crippen LogP contribution in [0.4, 0.5) is 0 Å². The third-order valence-electron chi connectivity index (χ3n) is 4.20. The van der Waals surface area contributed by atoms with Gasteiger partial charge >= 0.3 is 0 Å². The van der Waals surface area contributed by atoms with Crippen molar-refractivity contribution in [1.29, 1.82) is 0 Å². The molecule has 1 heterocycles. The van der Waals surface area contributed by atoms with Crippen molar-refractivity contribution in [2.45, 2.75) is 46.1 Å². The maximum Gasteiger partial charge on any atom is 0.127 e. The molecular weight excluding hydrogens is 202 g/mol. The largest absolute Gasteiger partial charge is 0.392 e. The first kappa shape index (κ1) is 13.7. The fourth-order valence-electron chi connectivity index (χ4n) is 2.38. The number of aliphatic hydroxyl groups is 1. The molecular formula is C13H25NO2. The van der Waals surface area contributed by atoms with Gasteiger partial charge in [0.05, 0.1) is 6.10 Å². The molecule has 2 unspecified atom stereocenters. The van der Waals surface area contributed by atoms with Gasteiger partial charge in [-0.15, -0.1) is 0 Å². The number of carbonyl (C=O) groups is 1. The second-order valence-corrected chi connectivity index (χ2v) is 5.26. The van der Waals surface area contributed by atoms with Crippen LogP contribution < -0.4 is 0 Å². The van der Waals surface area contributed by atoms with E-state index in [1.165, 1.54) is 0 Å². The summed E-state index contributed by atoms with van der Waals surface area (Å²) in [6.07, 6.45) is 3.68. The monoisotopic (exact) mass is 227 g/mol. The first-order chi connectivity index (χ1) is 7.56. The smallest absolute Gasteiger partial charge is 0.127 e. The van der Waals surface area contributed by atoms with Gasteiger partial charge in [0.25, 0.3) is 0 Å². The number of aliphatic hydroxyl groups excluding tert-OH is 1. The van der Waals surface area contributed by atoms with Crippen LogP contribution in [-0.4, -0.2) is 42.0 Å². The Bertz CT molecular complexity index is 226. The molecule has 0 aromatic rings. The molecule has 0 aliphatic carbocycles. The zero-order valence-electron chi connectivity index (χ0n) is 10.8. The fraction of sp³-hybridized carbons (Fsp3) is 0.923. The third-order valence-corrected chi connectivity index (χ3v) is 4.20. The molecule has 94 valence electrons. The number of hydrogen-bond donors (Lipinski definition) is 1. The van der Waals surface area contributed by atoms with E-state index < -0.39 is 0 Å². The number of nitrogens with zero attached hydrogens (tertiary/aromatic N) is 1. The van der Waals surface area contributed by atoms with Crippen LogP contribution >= 0.6 is 0 Å². The molecule has 0 amide bonds. The molecule has 1 fully saturated rings. The maximum absolute atomic E-state index is 11.2. The highest BCUT2D eigenvalue weighted by Crippen LogP contribution is 2.27. The molecule has 16 heavy (non-hydrogen) atoms. The summed E-state index contributed by atoms with van der Waals surface area (Å²) < 4.78 is 0. The zero-order chi connectivity index (χ0) is 12.2. The average Bonchev–Trinajstić information content (AvgIpc) is 2.31. The number of piperidine rings is 1. The molecule has 0 bridgehead atoms. The lowest BCUT2D eigenvalue weighted by Crippen LogP contribution is -2.47. The molecule has 1 aliphatic rings. The SMILES string of the molecule is CCC(C=O)(CC)CN1CCC(C)C(O)C1. The summed E-state index contributed by atoms with van der Waals surface area (Å²) in [5, 5.41) is 9.83. The number of likely N-dealkylation sites (tertiary alicyclic amines) is 1. The Hall–Kier alpha value is -0.410. The molecule has 3 heteroatoms. The zero-order valence-corrected chi connectivity index (χ0v) is 10.8. The van der Waals surface area contributed by atoms with Gasteiger partial charge in [-0.25, -0.2) is 0 Å². The summed E-state index contributed by atoms with van der Waals surface area (Å²) in [5.74, 6) is 0.394. The summed E-state index contributed by atoms with van der Waals surface area (Å²) in [6, 6.07) is 0. The lowest BCUT2D eigenvalue weighted by atomic mass is 9.82. The van der Waals surface area contributed by atoms with E-state index in [0.717, 1.165) is 45.2 Å². The Balaban J connectivity index is 2.56. The van der Waals surface area contributed by atoms with E-state index in [9.17, 15) is 9.90 Å². The van der Waals surface area contributed by atoms with Crippen molar-refractivity contribution in [2.75, 3.05) is 19.6 Å². The summed E-state index contributed by atoms with van der Waals surface area (Å²) in [5.41, 5.74) is -0.208. The van der Waals surface area contributed by atoms with Crippen molar-refractivity contribution in [3.63, 3.8) is 0 Å². The van der Waals surface area contributed by atoms with Gasteiger partial charge in [0, 0.05) is 18.5 Å². The van der Waals surface area contributed by atoms with Gasteiger partial charge in [0.2, 0.25) is 0 Å². The predicted molar refractivity (Wildman–Crippen MR) is 65.3 cm³/mol. The van der Waals surface area contributed by atoms with E-state index in [1.807, 2.05) is 0 Å². The predicted octanol–water partition coefficient (Wildman–Crippen LogP) is 1.69. The molecule has 1 rings (SSSR count). The van der Waals surface area contributed by atoms with Crippen LogP contribution in [-0.2, 0) is 4.79 Å². The Labute approximate surface area is 98.8 Å². The second-order valence-electron chi connectivity index (χ2n) is 5.26. The van der Waals surface area contributed by atoms with E-state index in [4.69, 9.17) is 0 Å². The first-order valence-corrected chi connectivity index (χ1v) is 6.43. The molecule has 0 radical (unpaired) electrons. The van der Waals surface area contributed by atoms with Gasteiger partial charge in [-0.2, -0.15) is 0 Å². The van der Waals surface area contributed by atoms with Crippen LogP contribution in [0.25, 0.3) is 0 Å². The standard InChI is InChI=1S/C13H25NO2/c1-4-13(5-2,10-15)9-14-7-6-11(3)12(16)8-14/h10-12,16H,4-9H2,1-3H3. The second kappa shape index (κ2) is 5.78. The molecule has 2 atom stereocenters. The van der Waals surface area contributed by atoms with Gasteiger partial charge in [-0.3, -0.25) is 4.90 Å². The minimum atomic E-state index is -0.230. The molecule has 0 saturated carbocycles. The molecule has 1 N–H and O–H groups in total. The van der Waals surface area contributed by atoms with Crippen molar-refractivity contribution < 1.29 is 9.90 Å².